The number of hydrogen-bond acceptors (Lipinski definition) is 9. The number of nitrogens with zero attached hydrogens (tertiary/aromatic N) is 1. The van der Waals surface area contributed by atoms with Crippen LogP contribution in [0.15, 0.2) is 11.6 Å². The number of rotatable bonds is 7. The fourth-order valence-electron chi connectivity index (χ4n) is 9.29. The number of hydrogen-bond donors (Lipinski definition) is 2. The van der Waals surface area contributed by atoms with E-state index in [1.807, 2.05) is 6.92 Å². The predicted molar refractivity (Wildman–Crippen MR) is 145 cm³/mol. The van der Waals surface area contributed by atoms with E-state index in [9.17, 15) is 34.2 Å². The molecule has 4 aliphatic carbocycles. The van der Waals surface area contributed by atoms with Gasteiger partial charge in [0.1, 0.15) is 11.6 Å². The van der Waals surface area contributed by atoms with E-state index >= 15 is 0 Å². The molecule has 2 N–H and O–H groups in total. The summed E-state index contributed by atoms with van der Waals surface area (Å²) in [6, 6.07) is -0.643. The number of aliphatic hydroxyl groups excluding tert-OH is 1. The highest BCUT2D eigenvalue weighted by Gasteiger charge is 2.68. The third-order valence-corrected chi connectivity index (χ3v) is 11.5. The Bertz CT molecular complexity index is 1160. The predicted octanol–water partition coefficient (Wildman–Crippen LogP) is 2.28. The third-order valence-electron chi connectivity index (χ3n) is 11.5. The number of carbonyl (C=O) groups is 5. The van der Waals surface area contributed by atoms with Gasteiger partial charge < -0.3 is 24.6 Å². The summed E-state index contributed by atoms with van der Waals surface area (Å²) in [4.78, 5) is 64.0. The third kappa shape index (κ3) is 4.84. The van der Waals surface area contributed by atoms with Gasteiger partial charge >= 0.3 is 11.9 Å². The fraction of sp³-hybridized carbons (Fsp3) is 0.774. The minimum absolute atomic E-state index is 0.0254. The van der Waals surface area contributed by atoms with Gasteiger partial charge in [-0.2, -0.15) is 0 Å². The quantitative estimate of drug-likeness (QED) is 0.438. The molecule has 10 nitrogen and oxygen atoms in total. The number of amides is 1. The van der Waals surface area contributed by atoms with Crippen LogP contribution in [0.5, 0.6) is 0 Å². The highest BCUT2D eigenvalue weighted by molar-refractivity contribution is 5.92. The molecule has 10 heteroatoms. The summed E-state index contributed by atoms with van der Waals surface area (Å²) in [5.74, 6) is -1.87. The van der Waals surface area contributed by atoms with Gasteiger partial charge in [-0.3, -0.25) is 19.2 Å². The number of Topliss-reactive ketones (excluding diaryl/α,β-unsaturated/α-hetero) is 1. The normalized spacial score (nSPS) is 39.7. The van der Waals surface area contributed by atoms with Gasteiger partial charge in [-0.1, -0.05) is 19.4 Å². The van der Waals surface area contributed by atoms with Crippen molar-refractivity contribution in [2.75, 3.05) is 20.3 Å². The fourth-order valence-corrected chi connectivity index (χ4v) is 9.29. The van der Waals surface area contributed by atoms with E-state index in [4.69, 9.17) is 9.47 Å². The van der Waals surface area contributed by atoms with Gasteiger partial charge in [-0.15, -0.1) is 0 Å². The molecule has 5 unspecified atom stereocenters. The molecule has 226 valence electrons. The Labute approximate surface area is 240 Å². The Kier molecular flexibility index (Phi) is 7.96. The zero-order valence-electron chi connectivity index (χ0n) is 24.4. The molecule has 8 atom stereocenters. The van der Waals surface area contributed by atoms with E-state index in [1.165, 1.54) is 12.0 Å². The van der Waals surface area contributed by atoms with Crippen LogP contribution in [0.25, 0.3) is 0 Å². The van der Waals surface area contributed by atoms with Crippen molar-refractivity contribution in [3.8, 4) is 0 Å². The van der Waals surface area contributed by atoms with Crippen molar-refractivity contribution < 1.29 is 43.7 Å². The summed E-state index contributed by atoms with van der Waals surface area (Å²) < 4.78 is 9.99. The van der Waals surface area contributed by atoms with Crippen molar-refractivity contribution in [2.24, 2.45) is 28.6 Å². The lowest BCUT2D eigenvalue weighted by atomic mass is 9.45. The molecule has 5 aliphatic rings. The number of allylic oxidation sites excluding steroid dienone is 1. The molecule has 3 saturated carbocycles. The van der Waals surface area contributed by atoms with Crippen LogP contribution in [0.2, 0.25) is 0 Å². The summed E-state index contributed by atoms with van der Waals surface area (Å²) in [6.07, 6.45) is 5.75. The van der Waals surface area contributed by atoms with Gasteiger partial charge in [-0.05, 0) is 80.6 Å². The molecule has 1 heterocycles. The topological polar surface area (TPSA) is 148 Å². The maximum Gasteiger partial charge on any atom is 0.328 e. The molecule has 0 aromatic rings. The lowest BCUT2D eigenvalue weighted by molar-refractivity contribution is -0.184. The molecule has 0 bridgehead atoms. The first-order valence-corrected chi connectivity index (χ1v) is 15.1. The van der Waals surface area contributed by atoms with Crippen molar-refractivity contribution in [1.29, 1.82) is 0 Å². The Morgan fingerprint density at radius 3 is 2.56 bits per heavy atom. The van der Waals surface area contributed by atoms with E-state index in [0.29, 0.717) is 38.6 Å². The summed E-state index contributed by atoms with van der Waals surface area (Å²) in [5, 5.41) is 23.3. The maximum atomic E-state index is 13.4. The molecule has 0 aromatic carbocycles. The Morgan fingerprint density at radius 2 is 1.83 bits per heavy atom. The largest absolute Gasteiger partial charge is 0.467 e. The van der Waals surface area contributed by atoms with Crippen LogP contribution < -0.4 is 0 Å². The van der Waals surface area contributed by atoms with Crippen molar-refractivity contribution in [3.63, 3.8) is 0 Å². The molecule has 0 spiro atoms. The Hall–Kier alpha value is -2.59. The van der Waals surface area contributed by atoms with Crippen LogP contribution in [0, 0.1) is 28.6 Å². The van der Waals surface area contributed by atoms with Gasteiger partial charge in [0.25, 0.3) is 0 Å². The number of fused-ring (bicyclic) bond motifs is 5. The van der Waals surface area contributed by atoms with E-state index in [2.05, 4.69) is 6.92 Å². The molecule has 0 aromatic heterocycles. The molecule has 1 amide bonds. The van der Waals surface area contributed by atoms with Gasteiger partial charge in [0.05, 0.1) is 19.6 Å². The van der Waals surface area contributed by atoms with Crippen LogP contribution in [-0.2, 0) is 33.4 Å². The number of carbonyl (C=O) groups excluding carboxylic acids is 5. The first kappa shape index (κ1) is 29.9. The lowest BCUT2D eigenvalue weighted by Crippen LogP contribution is -2.62. The van der Waals surface area contributed by atoms with E-state index in [0.717, 1.165) is 18.4 Å². The van der Waals surface area contributed by atoms with Crippen molar-refractivity contribution in [1.82, 2.24) is 4.90 Å². The first-order valence-electron chi connectivity index (χ1n) is 15.1. The number of methoxy groups -OCH3 is 1. The Balaban J connectivity index is 1.20. The van der Waals surface area contributed by atoms with Crippen LogP contribution in [-0.4, -0.2) is 82.5 Å². The highest BCUT2D eigenvalue weighted by atomic mass is 16.5. The summed E-state index contributed by atoms with van der Waals surface area (Å²) >= 11 is 0. The second-order valence-corrected chi connectivity index (χ2v) is 13.3. The minimum atomic E-state index is -1.73. The monoisotopic (exact) mass is 573 g/mol. The number of aliphatic hydroxyl groups is 2. The summed E-state index contributed by atoms with van der Waals surface area (Å²) in [7, 11) is 1.27. The highest BCUT2D eigenvalue weighted by Crippen LogP contribution is 2.67. The molecule has 0 radical (unpaired) electrons. The van der Waals surface area contributed by atoms with Gasteiger partial charge in [0.2, 0.25) is 11.7 Å². The zero-order valence-corrected chi connectivity index (χ0v) is 24.4. The minimum Gasteiger partial charge on any atom is -0.467 e. The molecule has 5 rings (SSSR count). The molecule has 1 aliphatic heterocycles. The Morgan fingerprint density at radius 1 is 1.07 bits per heavy atom. The van der Waals surface area contributed by atoms with E-state index in [1.54, 1.807) is 6.08 Å². The standard InChI is InChI=1S/C31H43NO9/c1-29-12-10-19(33)15-18(29)6-7-20-21-11-13-31(39,30(21,2)16-23(34)27(20)29)24(35)17-41-26(37)9-8-25(36)32-14-4-5-22(32)28(38)40-3/h15,20-23,27,34,39H,4-14,16-17H2,1-3H3/t20?,21?,22?,23?,27?,29-,30-,31-/m0/s1. The maximum absolute atomic E-state index is 13.4. The molecule has 41 heavy (non-hydrogen) atoms. The molecular weight excluding hydrogens is 530 g/mol. The van der Waals surface area contributed by atoms with Crippen LogP contribution >= 0.6 is 0 Å². The SMILES string of the molecule is COC(=O)C1CCCN1C(=O)CCC(=O)OCC(=O)[C@@]1(O)CCC2C3CCC4=CC(=O)CC[C@]4(C)C3C(O)C[C@@]21C. The molecular formula is C31H43NO9. The number of esters is 2. The molecule has 1 saturated heterocycles. The number of likely N-dealkylation sites (tertiary alicyclic amines) is 1. The van der Waals surface area contributed by atoms with Gasteiger partial charge in [-0.25, -0.2) is 4.79 Å². The average Bonchev–Trinajstić information content (AvgIpc) is 3.53. The second kappa shape index (κ2) is 10.9. The van der Waals surface area contributed by atoms with Gasteiger partial charge in [0, 0.05) is 24.8 Å². The second-order valence-electron chi connectivity index (χ2n) is 13.3. The van der Waals surface area contributed by atoms with Crippen LogP contribution in [0.3, 0.4) is 0 Å². The van der Waals surface area contributed by atoms with Crippen LogP contribution in [0.4, 0.5) is 0 Å². The zero-order chi connectivity index (χ0) is 29.7. The number of ether oxygens (including phenoxy) is 2. The molecule has 4 fully saturated rings. The van der Waals surface area contributed by atoms with E-state index in [-0.39, 0.29) is 60.5 Å². The summed E-state index contributed by atoms with van der Waals surface area (Å²) in [5.41, 5.74) is -1.74. The summed E-state index contributed by atoms with van der Waals surface area (Å²) in [6.45, 7) is 3.86. The van der Waals surface area contributed by atoms with Gasteiger partial charge in [0.15, 0.2) is 12.4 Å². The number of ketones is 2. The van der Waals surface area contributed by atoms with Crippen molar-refractivity contribution in [3.05, 3.63) is 11.6 Å². The van der Waals surface area contributed by atoms with Crippen molar-refractivity contribution >= 4 is 29.4 Å². The van der Waals surface area contributed by atoms with Crippen LogP contribution in [0.1, 0.15) is 84.5 Å². The van der Waals surface area contributed by atoms with E-state index < -0.39 is 47.5 Å². The average molecular weight is 574 g/mol. The smallest absolute Gasteiger partial charge is 0.328 e. The first-order chi connectivity index (χ1) is 19.4. The van der Waals surface area contributed by atoms with Crippen molar-refractivity contribution in [2.45, 2.75) is 102 Å². The lowest BCUT2D eigenvalue weighted by Gasteiger charge is -2.60.